The maximum atomic E-state index is 10.2. The molecule has 0 aliphatic rings. The molecule has 0 heterocycles. The summed E-state index contributed by atoms with van der Waals surface area (Å²) in [7, 11) is 0. The third-order valence-electron chi connectivity index (χ3n) is 3.64. The molecule has 0 fully saturated rings. The van der Waals surface area contributed by atoms with Gasteiger partial charge in [0.2, 0.25) is 0 Å². The van der Waals surface area contributed by atoms with Gasteiger partial charge in [-0.2, -0.15) is 0 Å². The molecule has 106 valence electrons. The van der Waals surface area contributed by atoms with E-state index in [1.165, 1.54) is 16.7 Å². The van der Waals surface area contributed by atoms with Crippen LogP contribution in [0.5, 0.6) is 5.75 Å². The maximum absolute atomic E-state index is 10.2. The molecule has 0 saturated heterocycles. The molecule has 0 aliphatic carbocycles. The molecule has 0 spiro atoms. The molecule has 2 nitrogen and oxygen atoms in total. The first-order valence-electron chi connectivity index (χ1n) is 6.92. The fourth-order valence-electron chi connectivity index (χ4n) is 2.20. The highest BCUT2D eigenvalue weighted by molar-refractivity contribution is 5.36. The number of rotatable bonds is 4. The van der Waals surface area contributed by atoms with Crippen molar-refractivity contribution in [2.45, 2.75) is 33.8 Å². The van der Waals surface area contributed by atoms with Crippen LogP contribution in [0.1, 0.15) is 33.9 Å². The van der Waals surface area contributed by atoms with Crippen LogP contribution in [0.2, 0.25) is 0 Å². The average Bonchev–Trinajstić information content (AvgIpc) is 2.40. The molecule has 0 bridgehead atoms. The number of aliphatic hydroxyl groups excluding tert-OH is 1. The van der Waals surface area contributed by atoms with Crippen molar-refractivity contribution in [2.24, 2.45) is 0 Å². The highest BCUT2D eigenvalue weighted by atomic mass is 16.5. The summed E-state index contributed by atoms with van der Waals surface area (Å²) in [5.41, 5.74) is 5.63. The van der Waals surface area contributed by atoms with Gasteiger partial charge in [0.25, 0.3) is 0 Å². The Labute approximate surface area is 121 Å². The molecular formula is C18H22O2. The fourth-order valence-corrected chi connectivity index (χ4v) is 2.20. The molecule has 2 heteroatoms. The first-order chi connectivity index (χ1) is 9.47. The molecule has 2 aromatic carbocycles. The normalized spacial score (nSPS) is 12.2. The third-order valence-corrected chi connectivity index (χ3v) is 3.64. The minimum atomic E-state index is -0.602. The van der Waals surface area contributed by atoms with Gasteiger partial charge in [-0.15, -0.1) is 0 Å². The zero-order valence-corrected chi connectivity index (χ0v) is 12.6. The van der Waals surface area contributed by atoms with Crippen LogP contribution >= 0.6 is 0 Å². The summed E-state index contributed by atoms with van der Waals surface area (Å²) in [4.78, 5) is 0. The highest BCUT2D eigenvalue weighted by Gasteiger charge is 2.10. The van der Waals surface area contributed by atoms with Crippen LogP contribution in [0.15, 0.2) is 36.4 Å². The standard InChI is InChI=1S/C18H22O2/c1-12-5-8-18(15(4)9-12)20-11-17(19)16-7-6-13(2)14(3)10-16/h5-10,17,19H,11H2,1-4H3. The van der Waals surface area contributed by atoms with E-state index in [2.05, 4.69) is 26.8 Å². The fraction of sp³-hybridized carbons (Fsp3) is 0.333. The van der Waals surface area contributed by atoms with E-state index in [0.29, 0.717) is 0 Å². The predicted octanol–water partition coefficient (Wildman–Crippen LogP) is 4.03. The Bertz CT molecular complexity index is 602. The smallest absolute Gasteiger partial charge is 0.122 e. The number of aliphatic hydroxyl groups is 1. The van der Waals surface area contributed by atoms with Crippen LogP contribution < -0.4 is 4.74 Å². The zero-order chi connectivity index (χ0) is 14.7. The van der Waals surface area contributed by atoms with Crippen molar-refractivity contribution in [3.63, 3.8) is 0 Å². The maximum Gasteiger partial charge on any atom is 0.122 e. The van der Waals surface area contributed by atoms with E-state index in [-0.39, 0.29) is 6.61 Å². The number of hydrogen-bond acceptors (Lipinski definition) is 2. The van der Waals surface area contributed by atoms with Crippen LogP contribution in [0.4, 0.5) is 0 Å². The van der Waals surface area contributed by atoms with Crippen molar-refractivity contribution in [3.8, 4) is 5.75 Å². The summed E-state index contributed by atoms with van der Waals surface area (Å²) in [6, 6.07) is 12.1. The Balaban J connectivity index is 2.04. The summed E-state index contributed by atoms with van der Waals surface area (Å²) >= 11 is 0. The van der Waals surface area contributed by atoms with Crippen molar-refractivity contribution in [2.75, 3.05) is 6.61 Å². The molecule has 0 radical (unpaired) electrons. The van der Waals surface area contributed by atoms with E-state index in [1.807, 2.05) is 37.3 Å². The SMILES string of the molecule is Cc1ccc(OCC(O)c2ccc(C)c(C)c2)c(C)c1. The largest absolute Gasteiger partial charge is 0.490 e. The number of hydrogen-bond donors (Lipinski definition) is 1. The lowest BCUT2D eigenvalue weighted by molar-refractivity contribution is 0.108. The van der Waals surface area contributed by atoms with Gasteiger partial charge in [-0.3, -0.25) is 0 Å². The second kappa shape index (κ2) is 6.10. The summed E-state index contributed by atoms with van der Waals surface area (Å²) in [6.45, 7) is 8.46. The van der Waals surface area contributed by atoms with Crippen LogP contribution in [0.3, 0.4) is 0 Å². The summed E-state index contributed by atoms with van der Waals surface area (Å²) in [6.07, 6.45) is -0.602. The Morgan fingerprint density at radius 1 is 0.900 bits per heavy atom. The average molecular weight is 270 g/mol. The molecule has 0 aromatic heterocycles. The van der Waals surface area contributed by atoms with Crippen molar-refractivity contribution in [3.05, 3.63) is 64.2 Å². The van der Waals surface area contributed by atoms with E-state index in [9.17, 15) is 5.11 Å². The first kappa shape index (κ1) is 14.6. The monoisotopic (exact) mass is 270 g/mol. The van der Waals surface area contributed by atoms with Gasteiger partial charge in [-0.1, -0.05) is 35.9 Å². The van der Waals surface area contributed by atoms with Crippen LogP contribution in [0, 0.1) is 27.7 Å². The Morgan fingerprint density at radius 2 is 1.65 bits per heavy atom. The van der Waals surface area contributed by atoms with Crippen LogP contribution in [-0.2, 0) is 0 Å². The molecule has 1 atom stereocenters. The van der Waals surface area contributed by atoms with Crippen molar-refractivity contribution in [1.29, 1.82) is 0 Å². The van der Waals surface area contributed by atoms with Crippen molar-refractivity contribution in [1.82, 2.24) is 0 Å². The van der Waals surface area contributed by atoms with Gasteiger partial charge in [-0.05, 0) is 56.0 Å². The summed E-state index contributed by atoms with van der Waals surface area (Å²) in [5.74, 6) is 0.832. The molecule has 1 unspecified atom stereocenters. The number of aryl methyl sites for hydroxylation is 4. The molecule has 0 saturated carbocycles. The molecule has 0 aliphatic heterocycles. The Kier molecular flexibility index (Phi) is 4.46. The second-order valence-corrected chi connectivity index (χ2v) is 5.44. The van der Waals surface area contributed by atoms with Gasteiger partial charge in [-0.25, -0.2) is 0 Å². The molecular weight excluding hydrogens is 248 g/mol. The van der Waals surface area contributed by atoms with Crippen molar-refractivity contribution < 1.29 is 9.84 Å². The molecule has 2 aromatic rings. The van der Waals surface area contributed by atoms with E-state index >= 15 is 0 Å². The van der Waals surface area contributed by atoms with Gasteiger partial charge in [0.15, 0.2) is 0 Å². The van der Waals surface area contributed by atoms with Gasteiger partial charge >= 0.3 is 0 Å². The molecule has 0 amide bonds. The van der Waals surface area contributed by atoms with Crippen molar-refractivity contribution >= 4 is 0 Å². The number of ether oxygens (including phenoxy) is 1. The molecule has 20 heavy (non-hydrogen) atoms. The van der Waals surface area contributed by atoms with E-state index in [0.717, 1.165) is 16.9 Å². The van der Waals surface area contributed by atoms with Crippen LogP contribution in [0.25, 0.3) is 0 Å². The predicted molar refractivity (Wildman–Crippen MR) is 82.3 cm³/mol. The lowest BCUT2D eigenvalue weighted by Gasteiger charge is -2.15. The number of benzene rings is 2. The van der Waals surface area contributed by atoms with Gasteiger partial charge in [0.1, 0.15) is 18.5 Å². The lowest BCUT2D eigenvalue weighted by atomic mass is 10.0. The van der Waals surface area contributed by atoms with Gasteiger partial charge in [0, 0.05) is 0 Å². The lowest BCUT2D eigenvalue weighted by Crippen LogP contribution is -2.10. The van der Waals surface area contributed by atoms with Gasteiger partial charge in [0.05, 0.1) is 0 Å². The third kappa shape index (κ3) is 3.40. The quantitative estimate of drug-likeness (QED) is 0.908. The second-order valence-electron chi connectivity index (χ2n) is 5.44. The van der Waals surface area contributed by atoms with E-state index < -0.39 is 6.10 Å². The summed E-state index contributed by atoms with van der Waals surface area (Å²) in [5, 5.41) is 10.2. The Hall–Kier alpha value is -1.80. The van der Waals surface area contributed by atoms with E-state index in [4.69, 9.17) is 4.74 Å². The summed E-state index contributed by atoms with van der Waals surface area (Å²) < 4.78 is 5.73. The van der Waals surface area contributed by atoms with E-state index in [1.54, 1.807) is 0 Å². The van der Waals surface area contributed by atoms with Gasteiger partial charge < -0.3 is 9.84 Å². The Morgan fingerprint density at radius 3 is 2.30 bits per heavy atom. The minimum Gasteiger partial charge on any atom is -0.490 e. The molecule has 1 N–H and O–H groups in total. The topological polar surface area (TPSA) is 29.5 Å². The zero-order valence-electron chi connectivity index (χ0n) is 12.6. The minimum absolute atomic E-state index is 0.270. The van der Waals surface area contributed by atoms with Crippen LogP contribution in [-0.4, -0.2) is 11.7 Å². The highest BCUT2D eigenvalue weighted by Crippen LogP contribution is 2.22. The molecule has 2 rings (SSSR count). The first-order valence-corrected chi connectivity index (χ1v) is 6.92.